The van der Waals surface area contributed by atoms with Gasteiger partial charge >= 0.3 is 0 Å². The lowest BCUT2D eigenvalue weighted by molar-refractivity contribution is 0.613. The molecule has 1 aliphatic rings. The first kappa shape index (κ1) is 10.8. The van der Waals surface area contributed by atoms with Crippen LogP contribution in [-0.2, 0) is 0 Å². The van der Waals surface area contributed by atoms with Gasteiger partial charge < -0.3 is 5.32 Å². The molecule has 0 aromatic heterocycles. The molecule has 1 nitrogen and oxygen atoms in total. The van der Waals surface area contributed by atoms with Crippen LogP contribution < -0.4 is 5.32 Å². The number of hydrogen-bond donors (Lipinski definition) is 1. The highest BCUT2D eigenvalue weighted by atomic mass is 32.2. The summed E-state index contributed by atoms with van der Waals surface area (Å²) in [5.41, 5.74) is 2.99. The standard InChI is InChI=1S/C13H17NS/c1-15-13(11-5-3-2-4-6-11)12-7-9-14-10-8-12/h2-6,14H,7-10H2,1H3. The molecule has 1 aliphatic heterocycles. The van der Waals surface area contributed by atoms with E-state index >= 15 is 0 Å². The van der Waals surface area contributed by atoms with Crippen molar-refractivity contribution in [3.63, 3.8) is 0 Å². The molecule has 0 bridgehead atoms. The zero-order chi connectivity index (χ0) is 10.5. The van der Waals surface area contributed by atoms with Gasteiger partial charge in [0.15, 0.2) is 0 Å². The third-order valence-electron chi connectivity index (χ3n) is 2.77. The van der Waals surface area contributed by atoms with E-state index in [0.29, 0.717) is 0 Å². The van der Waals surface area contributed by atoms with Crippen LogP contribution in [0, 0.1) is 0 Å². The van der Waals surface area contributed by atoms with E-state index in [2.05, 4.69) is 41.9 Å². The van der Waals surface area contributed by atoms with Crippen LogP contribution in [0.15, 0.2) is 35.9 Å². The summed E-state index contributed by atoms with van der Waals surface area (Å²) in [4.78, 5) is 1.48. The molecule has 0 amide bonds. The summed E-state index contributed by atoms with van der Waals surface area (Å²) in [6.07, 6.45) is 4.58. The fourth-order valence-electron chi connectivity index (χ4n) is 2.01. The maximum absolute atomic E-state index is 3.40. The van der Waals surface area contributed by atoms with Gasteiger partial charge in [-0.2, -0.15) is 0 Å². The third-order valence-corrected chi connectivity index (χ3v) is 3.70. The Morgan fingerprint density at radius 2 is 1.80 bits per heavy atom. The molecule has 2 heteroatoms. The molecule has 1 N–H and O–H groups in total. The van der Waals surface area contributed by atoms with Crippen molar-refractivity contribution in [3.05, 3.63) is 41.5 Å². The molecule has 15 heavy (non-hydrogen) atoms. The number of nitrogens with one attached hydrogen (secondary N) is 1. The lowest BCUT2D eigenvalue weighted by Crippen LogP contribution is -2.23. The zero-order valence-corrected chi connectivity index (χ0v) is 9.94. The second-order valence-electron chi connectivity index (χ2n) is 3.75. The quantitative estimate of drug-likeness (QED) is 0.820. The number of piperidine rings is 1. The number of rotatable bonds is 2. The maximum Gasteiger partial charge on any atom is 0.0135 e. The molecule has 0 unspecified atom stereocenters. The van der Waals surface area contributed by atoms with Crippen molar-refractivity contribution >= 4 is 16.7 Å². The van der Waals surface area contributed by atoms with Gasteiger partial charge in [0.25, 0.3) is 0 Å². The Labute approximate surface area is 96.0 Å². The van der Waals surface area contributed by atoms with Crippen molar-refractivity contribution < 1.29 is 0 Å². The van der Waals surface area contributed by atoms with Crippen molar-refractivity contribution in [2.75, 3.05) is 19.3 Å². The molecule has 0 atom stereocenters. The van der Waals surface area contributed by atoms with Crippen molar-refractivity contribution in [1.29, 1.82) is 0 Å². The van der Waals surface area contributed by atoms with Crippen LogP contribution >= 0.6 is 11.8 Å². The summed E-state index contributed by atoms with van der Waals surface area (Å²) in [6.45, 7) is 2.26. The Bertz CT molecular complexity index is 335. The van der Waals surface area contributed by atoms with Gasteiger partial charge in [-0.3, -0.25) is 0 Å². The largest absolute Gasteiger partial charge is 0.316 e. The summed E-state index contributed by atoms with van der Waals surface area (Å²) in [5, 5.41) is 3.40. The Morgan fingerprint density at radius 1 is 1.13 bits per heavy atom. The first-order valence-electron chi connectivity index (χ1n) is 5.44. The number of thioether (sulfide) groups is 1. The number of benzene rings is 1. The van der Waals surface area contributed by atoms with Crippen LogP contribution in [0.4, 0.5) is 0 Å². The second kappa shape index (κ2) is 5.38. The molecule has 1 saturated heterocycles. The predicted octanol–water partition coefficient (Wildman–Crippen LogP) is 3.14. The van der Waals surface area contributed by atoms with Crippen LogP contribution in [0.25, 0.3) is 4.91 Å². The predicted molar refractivity (Wildman–Crippen MR) is 69.0 cm³/mol. The minimum Gasteiger partial charge on any atom is -0.316 e. The van der Waals surface area contributed by atoms with Crippen LogP contribution in [0.5, 0.6) is 0 Å². The number of hydrogen-bond acceptors (Lipinski definition) is 2. The van der Waals surface area contributed by atoms with E-state index in [1.165, 1.54) is 23.3 Å². The SMILES string of the molecule is CSC(=C1CCNCC1)c1ccccc1. The Kier molecular flexibility index (Phi) is 3.87. The van der Waals surface area contributed by atoms with Crippen LogP contribution in [0.1, 0.15) is 18.4 Å². The van der Waals surface area contributed by atoms with Crippen molar-refractivity contribution in [2.45, 2.75) is 12.8 Å². The topological polar surface area (TPSA) is 12.0 Å². The first-order valence-corrected chi connectivity index (χ1v) is 6.66. The fraction of sp³-hybridized carbons (Fsp3) is 0.385. The molecule has 0 spiro atoms. The fourth-order valence-corrected chi connectivity index (χ4v) is 2.88. The first-order chi connectivity index (χ1) is 7.42. The molecule has 1 aromatic rings. The molecule has 80 valence electrons. The van der Waals surface area contributed by atoms with Gasteiger partial charge in [-0.15, -0.1) is 11.8 Å². The van der Waals surface area contributed by atoms with E-state index in [9.17, 15) is 0 Å². The van der Waals surface area contributed by atoms with Gasteiger partial charge in [-0.25, -0.2) is 0 Å². The summed E-state index contributed by atoms with van der Waals surface area (Å²) in [5.74, 6) is 0. The van der Waals surface area contributed by atoms with Gasteiger partial charge in [0.2, 0.25) is 0 Å². The molecule has 0 radical (unpaired) electrons. The van der Waals surface area contributed by atoms with Gasteiger partial charge in [-0.05, 0) is 37.8 Å². The van der Waals surface area contributed by atoms with Crippen molar-refractivity contribution in [2.24, 2.45) is 0 Å². The lowest BCUT2D eigenvalue weighted by atomic mass is 10.0. The van der Waals surface area contributed by atoms with Gasteiger partial charge in [0.05, 0.1) is 0 Å². The molecule has 1 fully saturated rings. The van der Waals surface area contributed by atoms with E-state index in [-0.39, 0.29) is 0 Å². The Hall–Kier alpha value is -0.730. The highest BCUT2D eigenvalue weighted by Gasteiger charge is 2.11. The normalized spacial score (nSPS) is 16.5. The third kappa shape index (κ3) is 2.64. The van der Waals surface area contributed by atoms with Crippen LogP contribution in [0.3, 0.4) is 0 Å². The van der Waals surface area contributed by atoms with E-state index < -0.39 is 0 Å². The Morgan fingerprint density at radius 3 is 2.40 bits per heavy atom. The average molecular weight is 219 g/mol. The zero-order valence-electron chi connectivity index (χ0n) is 9.12. The molecule has 1 heterocycles. The molecule has 0 saturated carbocycles. The van der Waals surface area contributed by atoms with Crippen LogP contribution in [-0.4, -0.2) is 19.3 Å². The monoisotopic (exact) mass is 219 g/mol. The van der Waals surface area contributed by atoms with Crippen molar-refractivity contribution in [1.82, 2.24) is 5.32 Å². The molecular formula is C13H17NS. The van der Waals surface area contributed by atoms with Gasteiger partial charge in [-0.1, -0.05) is 35.9 Å². The molecule has 1 aromatic carbocycles. The maximum atomic E-state index is 3.40. The lowest BCUT2D eigenvalue weighted by Gasteiger charge is -2.19. The highest BCUT2D eigenvalue weighted by molar-refractivity contribution is 8.07. The summed E-state index contributed by atoms with van der Waals surface area (Å²) in [7, 11) is 0. The molecule has 2 rings (SSSR count). The van der Waals surface area contributed by atoms with E-state index in [1.807, 2.05) is 11.8 Å². The summed E-state index contributed by atoms with van der Waals surface area (Å²) < 4.78 is 0. The highest BCUT2D eigenvalue weighted by Crippen LogP contribution is 2.32. The average Bonchev–Trinajstić information content (AvgIpc) is 2.33. The Balaban J connectivity index is 2.30. The summed E-state index contributed by atoms with van der Waals surface area (Å²) in [6, 6.07) is 10.7. The van der Waals surface area contributed by atoms with E-state index in [1.54, 1.807) is 5.57 Å². The minimum atomic E-state index is 1.13. The summed E-state index contributed by atoms with van der Waals surface area (Å²) >= 11 is 1.88. The molecule has 0 aliphatic carbocycles. The van der Waals surface area contributed by atoms with Gasteiger partial charge in [0, 0.05) is 4.91 Å². The smallest absolute Gasteiger partial charge is 0.0135 e. The van der Waals surface area contributed by atoms with E-state index in [4.69, 9.17) is 0 Å². The minimum absolute atomic E-state index is 1.13. The van der Waals surface area contributed by atoms with E-state index in [0.717, 1.165) is 13.1 Å². The molecular weight excluding hydrogens is 202 g/mol. The van der Waals surface area contributed by atoms with Crippen LogP contribution in [0.2, 0.25) is 0 Å². The van der Waals surface area contributed by atoms with Crippen molar-refractivity contribution in [3.8, 4) is 0 Å². The van der Waals surface area contributed by atoms with Gasteiger partial charge in [0.1, 0.15) is 0 Å². The second-order valence-corrected chi connectivity index (χ2v) is 4.57.